The Labute approximate surface area is 84.3 Å². The van der Waals surface area contributed by atoms with Crippen LogP contribution in [0.15, 0.2) is 24.3 Å². The van der Waals surface area contributed by atoms with Gasteiger partial charge in [-0.3, -0.25) is 0 Å². The van der Waals surface area contributed by atoms with E-state index in [2.05, 4.69) is 17.0 Å². The molecule has 2 heteroatoms. The van der Waals surface area contributed by atoms with Crippen LogP contribution in [0.3, 0.4) is 0 Å². The van der Waals surface area contributed by atoms with E-state index >= 15 is 0 Å². The van der Waals surface area contributed by atoms with Crippen molar-refractivity contribution in [3.63, 3.8) is 0 Å². The molecular weight excluding hydrogens is 133 g/mol. The van der Waals surface area contributed by atoms with E-state index in [0.717, 1.165) is 0 Å². The van der Waals surface area contributed by atoms with E-state index in [1.807, 2.05) is 32.3 Å². The molecule has 0 aromatic heterocycles. The summed E-state index contributed by atoms with van der Waals surface area (Å²) in [6.45, 7) is 0. The molecular formula is C8H11NNa. The Bertz CT molecular complexity index is 172. The van der Waals surface area contributed by atoms with Gasteiger partial charge in [-0.25, -0.2) is 0 Å². The third kappa shape index (κ3) is 2.74. The third-order valence-corrected chi connectivity index (χ3v) is 1.21. The van der Waals surface area contributed by atoms with Crippen molar-refractivity contribution in [3.05, 3.63) is 30.3 Å². The van der Waals surface area contributed by atoms with Crippen molar-refractivity contribution in [2.75, 3.05) is 19.0 Å². The van der Waals surface area contributed by atoms with E-state index in [1.54, 1.807) is 0 Å². The molecule has 0 aliphatic heterocycles. The first-order valence-electron chi connectivity index (χ1n) is 2.94. The molecule has 0 saturated carbocycles. The van der Waals surface area contributed by atoms with Gasteiger partial charge in [0.1, 0.15) is 0 Å². The van der Waals surface area contributed by atoms with E-state index in [0.29, 0.717) is 0 Å². The van der Waals surface area contributed by atoms with Gasteiger partial charge in [-0.1, -0.05) is 12.1 Å². The van der Waals surface area contributed by atoms with Crippen molar-refractivity contribution in [1.82, 2.24) is 0 Å². The molecule has 1 aromatic carbocycles. The average Bonchev–Trinajstić information content (AvgIpc) is 1.90. The molecule has 1 radical (unpaired) electrons. The number of hydrogen-bond acceptors (Lipinski definition) is 1. The van der Waals surface area contributed by atoms with Gasteiger partial charge in [-0.15, -0.1) is 0 Å². The maximum absolute atomic E-state index is 3.00. The fourth-order valence-electron chi connectivity index (χ4n) is 0.662. The molecule has 49 valence electrons. The molecule has 0 unspecified atom stereocenters. The van der Waals surface area contributed by atoms with Crippen molar-refractivity contribution in [3.8, 4) is 0 Å². The Balaban J connectivity index is 0.000000810. The molecule has 0 N–H and O–H groups in total. The first-order valence-corrected chi connectivity index (χ1v) is 2.94. The minimum absolute atomic E-state index is 0. The second-order valence-electron chi connectivity index (χ2n) is 2.16. The maximum atomic E-state index is 3.00. The zero-order valence-corrected chi connectivity index (χ0v) is 5.76. The van der Waals surface area contributed by atoms with Gasteiger partial charge in [0.25, 0.3) is 0 Å². The van der Waals surface area contributed by atoms with Gasteiger partial charge in [0.2, 0.25) is 0 Å². The molecule has 0 saturated heterocycles. The zero-order chi connectivity index (χ0) is 6.69. The third-order valence-electron chi connectivity index (χ3n) is 1.21. The second kappa shape index (κ2) is 4.78. The number of benzene rings is 1. The van der Waals surface area contributed by atoms with Crippen molar-refractivity contribution in [1.29, 1.82) is 0 Å². The van der Waals surface area contributed by atoms with Gasteiger partial charge in [-0.05, 0) is 18.2 Å². The molecule has 0 aliphatic carbocycles. The van der Waals surface area contributed by atoms with E-state index in [9.17, 15) is 0 Å². The van der Waals surface area contributed by atoms with Gasteiger partial charge in [-0.2, -0.15) is 0 Å². The van der Waals surface area contributed by atoms with E-state index in [1.165, 1.54) is 5.69 Å². The van der Waals surface area contributed by atoms with E-state index < -0.39 is 0 Å². The topological polar surface area (TPSA) is 3.24 Å². The SMILES string of the molecule is CN(C)c1c[c]ccc1.[NaH]. The molecule has 0 spiro atoms. The standard InChI is InChI=1S/C8H10N.Na.H/c1-9(2)8-6-4-3-5-7-8;;/h3-4,6-7H,1-2H3;;. The summed E-state index contributed by atoms with van der Waals surface area (Å²) >= 11 is 0. The first kappa shape index (κ1) is 10.0. The molecule has 0 heterocycles. The van der Waals surface area contributed by atoms with Crippen LogP contribution >= 0.6 is 0 Å². The molecule has 0 fully saturated rings. The Morgan fingerprint density at radius 2 is 2.10 bits per heavy atom. The van der Waals surface area contributed by atoms with Crippen LogP contribution in [0.4, 0.5) is 5.69 Å². The first-order chi connectivity index (χ1) is 4.30. The summed E-state index contributed by atoms with van der Waals surface area (Å²) in [4.78, 5) is 2.05. The fraction of sp³-hybridized carbons (Fsp3) is 0.250. The summed E-state index contributed by atoms with van der Waals surface area (Å²) in [6.07, 6.45) is 0. The van der Waals surface area contributed by atoms with Gasteiger partial charge < -0.3 is 4.90 Å². The Hall–Kier alpha value is 0.0200. The van der Waals surface area contributed by atoms with Crippen LogP contribution < -0.4 is 4.90 Å². The summed E-state index contributed by atoms with van der Waals surface area (Å²) < 4.78 is 0. The van der Waals surface area contributed by atoms with Crippen LogP contribution in [-0.4, -0.2) is 43.7 Å². The van der Waals surface area contributed by atoms with Crippen LogP contribution in [0.1, 0.15) is 0 Å². The van der Waals surface area contributed by atoms with E-state index in [-0.39, 0.29) is 29.6 Å². The van der Waals surface area contributed by atoms with Crippen LogP contribution in [-0.2, 0) is 0 Å². The average molecular weight is 144 g/mol. The summed E-state index contributed by atoms with van der Waals surface area (Å²) in [5, 5.41) is 0. The monoisotopic (exact) mass is 144 g/mol. The predicted octanol–water partition coefficient (Wildman–Crippen LogP) is 0.904. The summed E-state index contributed by atoms with van der Waals surface area (Å²) in [5.41, 5.74) is 1.19. The Kier molecular flexibility index (Phi) is 4.79. The normalized spacial score (nSPS) is 8.20. The number of anilines is 1. The molecule has 1 nitrogen and oxygen atoms in total. The van der Waals surface area contributed by atoms with Gasteiger partial charge in [0, 0.05) is 19.8 Å². The number of hydrogen-bond donors (Lipinski definition) is 0. The molecule has 10 heavy (non-hydrogen) atoms. The molecule has 0 bridgehead atoms. The van der Waals surface area contributed by atoms with Crippen LogP contribution in [0.25, 0.3) is 0 Å². The fourth-order valence-corrected chi connectivity index (χ4v) is 0.662. The van der Waals surface area contributed by atoms with Crippen molar-refractivity contribution >= 4 is 35.2 Å². The van der Waals surface area contributed by atoms with Crippen molar-refractivity contribution < 1.29 is 0 Å². The summed E-state index contributed by atoms with van der Waals surface area (Å²) in [5.74, 6) is 0. The van der Waals surface area contributed by atoms with Gasteiger partial charge in [0.15, 0.2) is 0 Å². The molecule has 0 aliphatic rings. The van der Waals surface area contributed by atoms with Crippen LogP contribution in [0.2, 0.25) is 0 Å². The van der Waals surface area contributed by atoms with Crippen LogP contribution in [0.5, 0.6) is 0 Å². The summed E-state index contributed by atoms with van der Waals surface area (Å²) in [6, 6.07) is 10.9. The van der Waals surface area contributed by atoms with Crippen LogP contribution in [0, 0.1) is 6.07 Å². The minimum atomic E-state index is 0. The summed E-state index contributed by atoms with van der Waals surface area (Å²) in [7, 11) is 4.03. The van der Waals surface area contributed by atoms with Gasteiger partial charge >= 0.3 is 29.6 Å². The van der Waals surface area contributed by atoms with Crippen molar-refractivity contribution in [2.24, 2.45) is 0 Å². The van der Waals surface area contributed by atoms with E-state index in [4.69, 9.17) is 0 Å². The number of rotatable bonds is 1. The van der Waals surface area contributed by atoms with Gasteiger partial charge in [0.05, 0.1) is 0 Å². The quantitative estimate of drug-likeness (QED) is 0.529. The molecule has 0 atom stereocenters. The molecule has 1 aromatic rings. The molecule has 1 rings (SSSR count). The predicted molar refractivity (Wildman–Crippen MR) is 46.8 cm³/mol. The number of nitrogens with zero attached hydrogens (tertiary/aromatic N) is 1. The second-order valence-corrected chi connectivity index (χ2v) is 2.16. The van der Waals surface area contributed by atoms with Crippen molar-refractivity contribution in [2.45, 2.75) is 0 Å². The zero-order valence-electron chi connectivity index (χ0n) is 5.76. The molecule has 0 amide bonds. The Morgan fingerprint density at radius 1 is 1.40 bits per heavy atom. The Morgan fingerprint density at radius 3 is 2.40 bits per heavy atom.